The molecule has 1 aliphatic carbocycles. The van der Waals surface area contributed by atoms with Crippen LogP contribution in [0.25, 0.3) is 0 Å². The molecule has 0 amide bonds. The number of hydrogen-bond acceptors (Lipinski definition) is 3. The summed E-state index contributed by atoms with van der Waals surface area (Å²) in [4.78, 5) is 0. The molecule has 3 nitrogen and oxygen atoms in total. The number of fused-ring (bicyclic) bond motifs is 1. The average Bonchev–Trinajstić information content (AvgIpc) is 2.75. The van der Waals surface area contributed by atoms with Gasteiger partial charge >= 0.3 is 0 Å². The number of benzene rings is 1. The van der Waals surface area contributed by atoms with Crippen molar-refractivity contribution >= 4 is 11.6 Å². The van der Waals surface area contributed by atoms with Gasteiger partial charge in [-0.05, 0) is 30.4 Å². The van der Waals surface area contributed by atoms with Crippen LogP contribution in [0, 0.1) is 5.92 Å². The molecule has 0 bridgehead atoms. The van der Waals surface area contributed by atoms with Crippen molar-refractivity contribution in [1.82, 2.24) is 0 Å². The predicted molar refractivity (Wildman–Crippen MR) is 80.6 cm³/mol. The van der Waals surface area contributed by atoms with Gasteiger partial charge in [0.15, 0.2) is 11.5 Å². The van der Waals surface area contributed by atoms with Gasteiger partial charge in [0, 0.05) is 17.1 Å². The van der Waals surface area contributed by atoms with Crippen molar-refractivity contribution < 1.29 is 9.47 Å². The van der Waals surface area contributed by atoms with E-state index in [9.17, 15) is 0 Å². The summed E-state index contributed by atoms with van der Waals surface area (Å²) < 4.78 is 11.2. The molecule has 1 aliphatic heterocycles. The van der Waals surface area contributed by atoms with Crippen molar-refractivity contribution in [3.63, 3.8) is 0 Å². The molecule has 1 fully saturated rings. The summed E-state index contributed by atoms with van der Waals surface area (Å²) in [6, 6.07) is 3.82. The first-order valence-electron chi connectivity index (χ1n) is 7.60. The Kier molecular flexibility index (Phi) is 4.37. The molecule has 0 aromatic heterocycles. The molecule has 0 radical (unpaired) electrons. The van der Waals surface area contributed by atoms with Crippen molar-refractivity contribution in [2.24, 2.45) is 11.7 Å². The third kappa shape index (κ3) is 2.89. The summed E-state index contributed by atoms with van der Waals surface area (Å²) in [6.45, 7) is 1.17. The maximum atomic E-state index is 6.49. The second-order valence-corrected chi connectivity index (χ2v) is 6.20. The van der Waals surface area contributed by atoms with Crippen LogP contribution in [0.1, 0.15) is 50.1 Å². The average molecular weight is 296 g/mol. The highest BCUT2D eigenvalue weighted by atomic mass is 35.5. The summed E-state index contributed by atoms with van der Waals surface area (Å²) in [7, 11) is 0. The standard InChI is InChI=1S/C16H22ClNO2/c17-13-10-15-14(19-7-8-20-15)9-12(13)16(18)11-5-3-1-2-4-6-11/h9-11,16H,1-8,18H2. The Morgan fingerprint density at radius 2 is 1.60 bits per heavy atom. The third-order valence-electron chi connectivity index (χ3n) is 4.43. The van der Waals surface area contributed by atoms with Gasteiger partial charge in [-0.25, -0.2) is 0 Å². The fraction of sp³-hybridized carbons (Fsp3) is 0.625. The van der Waals surface area contributed by atoms with E-state index in [4.69, 9.17) is 26.8 Å². The molecule has 2 aliphatic rings. The Morgan fingerprint density at radius 1 is 1.00 bits per heavy atom. The molecule has 20 heavy (non-hydrogen) atoms. The molecule has 2 N–H and O–H groups in total. The number of hydrogen-bond donors (Lipinski definition) is 1. The van der Waals surface area contributed by atoms with Crippen LogP contribution in [0.15, 0.2) is 12.1 Å². The maximum absolute atomic E-state index is 6.49. The first-order valence-corrected chi connectivity index (χ1v) is 7.98. The second kappa shape index (κ2) is 6.23. The summed E-state index contributed by atoms with van der Waals surface area (Å²) in [5.74, 6) is 2.04. The second-order valence-electron chi connectivity index (χ2n) is 5.79. The van der Waals surface area contributed by atoms with Crippen LogP contribution in [0.5, 0.6) is 11.5 Å². The number of ether oxygens (including phenoxy) is 2. The summed E-state index contributed by atoms with van der Waals surface area (Å²) in [5, 5.41) is 0.700. The Balaban J connectivity index is 1.84. The van der Waals surface area contributed by atoms with Gasteiger partial charge in [0.25, 0.3) is 0 Å². The molecular weight excluding hydrogens is 274 g/mol. The minimum Gasteiger partial charge on any atom is -0.486 e. The van der Waals surface area contributed by atoms with E-state index < -0.39 is 0 Å². The van der Waals surface area contributed by atoms with Gasteiger partial charge in [-0.1, -0.05) is 37.3 Å². The zero-order valence-electron chi connectivity index (χ0n) is 11.7. The lowest BCUT2D eigenvalue weighted by atomic mass is 9.87. The Bertz CT molecular complexity index is 470. The van der Waals surface area contributed by atoms with E-state index >= 15 is 0 Å². The van der Waals surface area contributed by atoms with Gasteiger partial charge in [0.05, 0.1) is 0 Å². The molecule has 0 spiro atoms. The molecule has 0 saturated heterocycles. The molecular formula is C16H22ClNO2. The molecule has 4 heteroatoms. The highest BCUT2D eigenvalue weighted by Gasteiger charge is 2.25. The van der Waals surface area contributed by atoms with E-state index in [2.05, 4.69) is 0 Å². The molecule has 1 atom stereocenters. The zero-order valence-corrected chi connectivity index (χ0v) is 12.5. The van der Waals surface area contributed by atoms with Crippen LogP contribution in [-0.4, -0.2) is 13.2 Å². The quantitative estimate of drug-likeness (QED) is 0.836. The molecule has 1 aromatic carbocycles. The van der Waals surface area contributed by atoms with E-state index in [1.54, 1.807) is 0 Å². The Hall–Kier alpha value is -0.930. The van der Waals surface area contributed by atoms with Crippen LogP contribution >= 0.6 is 11.6 Å². The van der Waals surface area contributed by atoms with E-state index in [0.717, 1.165) is 17.1 Å². The van der Waals surface area contributed by atoms with Gasteiger partial charge in [0.1, 0.15) is 13.2 Å². The highest BCUT2D eigenvalue weighted by Crippen LogP contribution is 2.41. The lowest BCUT2D eigenvalue weighted by Gasteiger charge is -2.26. The van der Waals surface area contributed by atoms with Crippen molar-refractivity contribution in [3.05, 3.63) is 22.7 Å². The van der Waals surface area contributed by atoms with Crippen molar-refractivity contribution in [2.45, 2.75) is 44.6 Å². The highest BCUT2D eigenvalue weighted by molar-refractivity contribution is 6.31. The first kappa shape index (κ1) is 14.0. The monoisotopic (exact) mass is 295 g/mol. The van der Waals surface area contributed by atoms with E-state index in [1.165, 1.54) is 38.5 Å². The molecule has 1 saturated carbocycles. The first-order chi connectivity index (χ1) is 9.75. The van der Waals surface area contributed by atoms with Crippen LogP contribution < -0.4 is 15.2 Å². The topological polar surface area (TPSA) is 44.5 Å². The molecule has 110 valence electrons. The minimum atomic E-state index is -0.00331. The molecule has 1 aromatic rings. The lowest BCUT2D eigenvalue weighted by molar-refractivity contribution is 0.171. The van der Waals surface area contributed by atoms with Gasteiger partial charge in [-0.15, -0.1) is 0 Å². The van der Waals surface area contributed by atoms with Crippen molar-refractivity contribution in [3.8, 4) is 11.5 Å². The Labute approximate surface area is 125 Å². The zero-order chi connectivity index (χ0) is 13.9. The largest absolute Gasteiger partial charge is 0.486 e. The van der Waals surface area contributed by atoms with Crippen LogP contribution in [0.2, 0.25) is 5.02 Å². The van der Waals surface area contributed by atoms with Crippen molar-refractivity contribution in [2.75, 3.05) is 13.2 Å². The molecule has 3 rings (SSSR count). The third-order valence-corrected chi connectivity index (χ3v) is 4.76. The molecule has 1 unspecified atom stereocenters. The lowest BCUT2D eigenvalue weighted by Crippen LogP contribution is -2.22. The van der Waals surface area contributed by atoms with Gasteiger partial charge in [-0.3, -0.25) is 0 Å². The van der Waals surface area contributed by atoms with Crippen molar-refractivity contribution in [1.29, 1.82) is 0 Å². The minimum absolute atomic E-state index is 0.00331. The smallest absolute Gasteiger partial charge is 0.162 e. The fourth-order valence-corrected chi connectivity index (χ4v) is 3.54. The summed E-state index contributed by atoms with van der Waals surface area (Å²) in [6.07, 6.45) is 7.62. The molecule has 1 heterocycles. The maximum Gasteiger partial charge on any atom is 0.162 e. The normalized spacial score (nSPS) is 21.3. The number of nitrogens with two attached hydrogens (primary N) is 1. The predicted octanol–water partition coefficient (Wildman–Crippen LogP) is 4.08. The number of halogens is 1. The Morgan fingerprint density at radius 3 is 2.25 bits per heavy atom. The summed E-state index contributed by atoms with van der Waals surface area (Å²) >= 11 is 6.40. The fourth-order valence-electron chi connectivity index (χ4n) is 3.26. The SMILES string of the molecule is NC(c1cc2c(cc1Cl)OCCO2)C1CCCCCC1. The van der Waals surface area contributed by atoms with Gasteiger partial charge < -0.3 is 15.2 Å². The van der Waals surface area contributed by atoms with Gasteiger partial charge in [0.2, 0.25) is 0 Å². The summed E-state index contributed by atoms with van der Waals surface area (Å²) in [5.41, 5.74) is 7.49. The van der Waals surface area contributed by atoms with Crippen LogP contribution in [-0.2, 0) is 0 Å². The number of rotatable bonds is 2. The van der Waals surface area contributed by atoms with E-state index in [-0.39, 0.29) is 6.04 Å². The van der Waals surface area contributed by atoms with Gasteiger partial charge in [-0.2, -0.15) is 0 Å². The van der Waals surface area contributed by atoms with E-state index in [0.29, 0.717) is 24.2 Å². The van der Waals surface area contributed by atoms with Crippen LogP contribution in [0.4, 0.5) is 0 Å². The van der Waals surface area contributed by atoms with E-state index in [1.807, 2.05) is 12.1 Å². The van der Waals surface area contributed by atoms with Crippen LogP contribution in [0.3, 0.4) is 0 Å².